The maximum atomic E-state index is 4.25. The van der Waals surface area contributed by atoms with E-state index in [4.69, 9.17) is 0 Å². The van der Waals surface area contributed by atoms with Crippen molar-refractivity contribution in [3.63, 3.8) is 0 Å². The smallest absolute Gasteiger partial charge is 0.0562 e. The topological polar surface area (TPSA) is 13.1 Å². The first-order valence-corrected chi connectivity index (χ1v) is 15.7. The van der Waals surface area contributed by atoms with Crippen LogP contribution in [0.15, 0.2) is 164 Å². The van der Waals surface area contributed by atoms with Crippen LogP contribution < -0.4 is 4.90 Å². The van der Waals surface area contributed by atoms with Crippen molar-refractivity contribution in [3.8, 4) is 11.4 Å². The normalized spacial score (nSPS) is 11.6. The van der Waals surface area contributed by atoms with Crippen molar-refractivity contribution in [1.29, 1.82) is 0 Å². The van der Waals surface area contributed by atoms with Crippen LogP contribution in [0.4, 0.5) is 17.1 Å². The zero-order valence-electron chi connectivity index (χ0n) is 25.7. The zero-order valence-corrected chi connectivity index (χ0v) is 25.7. The van der Waals surface area contributed by atoms with Crippen LogP contribution in [0.2, 0.25) is 0 Å². The van der Waals surface area contributed by atoms with Gasteiger partial charge in [0, 0.05) is 50.8 Å². The quantitative estimate of drug-likeness (QED) is 0.180. The van der Waals surface area contributed by atoms with E-state index in [9.17, 15) is 0 Å². The van der Waals surface area contributed by atoms with Gasteiger partial charge in [-0.3, -0.25) is 0 Å². The minimum Gasteiger partial charge on any atom is -0.316 e. The minimum absolute atomic E-state index is 1.10. The van der Waals surface area contributed by atoms with Crippen LogP contribution in [0.5, 0.6) is 0 Å². The second kappa shape index (κ2) is 11.5. The van der Waals surface area contributed by atoms with Crippen molar-refractivity contribution < 1.29 is 0 Å². The molecule has 3 nitrogen and oxygen atoms in total. The van der Waals surface area contributed by atoms with E-state index in [1.165, 1.54) is 27.2 Å². The number of hydrogen-bond donors (Lipinski definition) is 0. The van der Waals surface area contributed by atoms with Gasteiger partial charge in [-0.05, 0) is 103 Å². The summed E-state index contributed by atoms with van der Waals surface area (Å²) in [4.78, 5) is 2.30. The van der Waals surface area contributed by atoms with Crippen molar-refractivity contribution in [2.45, 2.75) is 6.92 Å². The van der Waals surface area contributed by atoms with E-state index in [2.05, 4.69) is 191 Å². The van der Waals surface area contributed by atoms with Gasteiger partial charge in [0.05, 0.1) is 16.6 Å². The molecule has 6 aromatic carbocycles. The molecule has 2 heterocycles. The Bertz CT molecular complexity index is 2320. The molecular formula is C43H33N3. The molecule has 46 heavy (non-hydrogen) atoms. The Balaban J connectivity index is 1.37. The van der Waals surface area contributed by atoms with Crippen LogP contribution in [0.3, 0.4) is 0 Å². The largest absolute Gasteiger partial charge is 0.316 e. The highest BCUT2D eigenvalue weighted by molar-refractivity contribution is 6.17. The Morgan fingerprint density at radius 3 is 1.85 bits per heavy atom. The van der Waals surface area contributed by atoms with Crippen LogP contribution in [-0.4, -0.2) is 9.13 Å². The predicted octanol–water partition coefficient (Wildman–Crippen LogP) is 11.9. The van der Waals surface area contributed by atoms with Gasteiger partial charge in [0.15, 0.2) is 0 Å². The highest BCUT2D eigenvalue weighted by Gasteiger charge is 2.19. The lowest BCUT2D eigenvalue weighted by atomic mass is 9.99. The number of benzene rings is 6. The summed E-state index contributed by atoms with van der Waals surface area (Å²) in [6, 6.07) is 51.9. The lowest BCUT2D eigenvalue weighted by molar-refractivity contribution is 1.12. The summed E-state index contributed by atoms with van der Waals surface area (Å²) < 4.78 is 4.68. The number of anilines is 3. The van der Waals surface area contributed by atoms with Crippen LogP contribution in [0.1, 0.15) is 18.1 Å². The van der Waals surface area contributed by atoms with E-state index in [1.54, 1.807) is 0 Å². The SMILES string of the molecule is C=Cc1c(/C=C\C)ccc2c1c1cc3ccn(-c4ccccc4)c3cc1n2-c1ccc(N(c2ccccc2)c2ccccc2)cc1. The van der Waals surface area contributed by atoms with E-state index in [1.807, 2.05) is 6.08 Å². The van der Waals surface area contributed by atoms with Gasteiger partial charge in [-0.25, -0.2) is 0 Å². The number of nitrogens with zero attached hydrogens (tertiary/aromatic N) is 3. The molecular weight excluding hydrogens is 558 g/mol. The molecule has 0 fully saturated rings. The second-order valence-electron chi connectivity index (χ2n) is 11.5. The van der Waals surface area contributed by atoms with Gasteiger partial charge in [0.2, 0.25) is 0 Å². The number of hydrogen-bond acceptors (Lipinski definition) is 1. The van der Waals surface area contributed by atoms with Crippen LogP contribution in [0, 0.1) is 0 Å². The van der Waals surface area contributed by atoms with Crippen LogP contribution >= 0.6 is 0 Å². The van der Waals surface area contributed by atoms with Crippen LogP contribution in [-0.2, 0) is 0 Å². The fourth-order valence-corrected chi connectivity index (χ4v) is 6.77. The van der Waals surface area contributed by atoms with Gasteiger partial charge in [-0.1, -0.05) is 85.5 Å². The van der Waals surface area contributed by atoms with Gasteiger partial charge in [0.1, 0.15) is 0 Å². The summed E-state index contributed by atoms with van der Waals surface area (Å²) in [6.45, 7) is 6.32. The summed E-state index contributed by atoms with van der Waals surface area (Å²) in [5.41, 5.74) is 11.4. The molecule has 0 unspecified atom stereocenters. The van der Waals surface area contributed by atoms with Crippen molar-refractivity contribution in [2.24, 2.45) is 0 Å². The maximum absolute atomic E-state index is 4.25. The average Bonchev–Trinajstić information content (AvgIpc) is 3.68. The van der Waals surface area contributed by atoms with E-state index in [0.29, 0.717) is 0 Å². The monoisotopic (exact) mass is 591 g/mol. The molecule has 220 valence electrons. The molecule has 0 aliphatic carbocycles. The Morgan fingerprint density at radius 1 is 0.587 bits per heavy atom. The lowest BCUT2D eigenvalue weighted by Gasteiger charge is -2.25. The standard InChI is InChI=1S/C43H33N3/c1-3-14-31-21-26-40-43(38(31)4-2)39-29-32-27-28-44(33-15-8-5-9-16-33)41(32)30-42(39)46(40)37-24-22-36(23-25-37)45(34-17-10-6-11-18-34)35-19-12-7-13-20-35/h3-30H,2H2,1H3/b14-3-. The predicted molar refractivity (Wildman–Crippen MR) is 197 cm³/mol. The Hall–Kier alpha value is -6.06. The number of aromatic nitrogens is 2. The third-order valence-electron chi connectivity index (χ3n) is 8.80. The molecule has 0 atom stereocenters. The first kappa shape index (κ1) is 27.5. The Kier molecular flexibility index (Phi) is 6.85. The number of fused-ring (bicyclic) bond motifs is 4. The van der Waals surface area contributed by atoms with Gasteiger partial charge in [0.25, 0.3) is 0 Å². The maximum Gasteiger partial charge on any atom is 0.0562 e. The average molecular weight is 592 g/mol. The number of rotatable bonds is 7. The molecule has 0 aliphatic heterocycles. The molecule has 0 spiro atoms. The lowest BCUT2D eigenvalue weighted by Crippen LogP contribution is -2.09. The minimum atomic E-state index is 1.10. The van der Waals surface area contributed by atoms with E-state index in [0.717, 1.165) is 45.0 Å². The third-order valence-corrected chi connectivity index (χ3v) is 8.80. The zero-order chi connectivity index (χ0) is 31.0. The highest BCUT2D eigenvalue weighted by atomic mass is 15.1. The van der Waals surface area contributed by atoms with Crippen molar-refractivity contribution in [3.05, 3.63) is 176 Å². The Morgan fingerprint density at radius 2 is 1.22 bits per heavy atom. The number of para-hydroxylation sites is 3. The summed E-state index contributed by atoms with van der Waals surface area (Å²) in [6.07, 6.45) is 8.43. The fourth-order valence-electron chi connectivity index (χ4n) is 6.77. The molecule has 0 saturated carbocycles. The molecule has 0 aliphatic rings. The molecule has 0 bridgehead atoms. The van der Waals surface area contributed by atoms with Crippen molar-refractivity contribution in [2.75, 3.05) is 4.90 Å². The van der Waals surface area contributed by atoms with Crippen molar-refractivity contribution in [1.82, 2.24) is 9.13 Å². The highest BCUT2D eigenvalue weighted by Crippen LogP contribution is 2.40. The molecule has 3 heteroatoms. The summed E-state index contributed by atoms with van der Waals surface area (Å²) >= 11 is 0. The first-order valence-electron chi connectivity index (χ1n) is 15.7. The first-order chi connectivity index (χ1) is 22.7. The molecule has 0 saturated heterocycles. The van der Waals surface area contributed by atoms with Gasteiger partial charge in [-0.15, -0.1) is 0 Å². The van der Waals surface area contributed by atoms with Crippen molar-refractivity contribution >= 4 is 61.9 Å². The van der Waals surface area contributed by atoms with Gasteiger partial charge < -0.3 is 14.0 Å². The molecule has 8 aromatic rings. The summed E-state index contributed by atoms with van der Waals surface area (Å²) in [5.74, 6) is 0. The van der Waals surface area contributed by atoms with E-state index < -0.39 is 0 Å². The molecule has 2 aromatic heterocycles. The van der Waals surface area contributed by atoms with E-state index in [-0.39, 0.29) is 0 Å². The molecule has 8 rings (SSSR count). The molecule has 0 radical (unpaired) electrons. The van der Waals surface area contributed by atoms with Gasteiger partial charge in [-0.2, -0.15) is 0 Å². The summed E-state index contributed by atoms with van der Waals surface area (Å²) in [5, 5.41) is 3.64. The summed E-state index contributed by atoms with van der Waals surface area (Å²) in [7, 11) is 0. The molecule has 0 N–H and O–H groups in total. The second-order valence-corrected chi connectivity index (χ2v) is 11.5. The van der Waals surface area contributed by atoms with Gasteiger partial charge >= 0.3 is 0 Å². The number of allylic oxidation sites excluding steroid dienone is 1. The fraction of sp³-hybridized carbons (Fsp3) is 0.0233. The van der Waals surface area contributed by atoms with E-state index >= 15 is 0 Å². The van der Waals surface area contributed by atoms with Crippen LogP contribution in [0.25, 0.3) is 56.2 Å². The Labute approximate surface area is 269 Å². The third kappa shape index (κ3) is 4.53. The molecule has 0 amide bonds.